The van der Waals surface area contributed by atoms with Gasteiger partial charge in [-0.25, -0.2) is 4.79 Å². The van der Waals surface area contributed by atoms with E-state index in [1.807, 2.05) is 17.0 Å². The highest BCUT2D eigenvalue weighted by Crippen LogP contribution is 2.22. The highest BCUT2D eigenvalue weighted by Gasteiger charge is 2.18. The van der Waals surface area contributed by atoms with E-state index in [0.29, 0.717) is 19.5 Å². The summed E-state index contributed by atoms with van der Waals surface area (Å²) >= 11 is 7.32. The summed E-state index contributed by atoms with van der Waals surface area (Å²) in [6.45, 7) is 2.60. The van der Waals surface area contributed by atoms with Crippen molar-refractivity contribution in [2.24, 2.45) is 0 Å². The maximum Gasteiger partial charge on any atom is 0.317 e. The van der Waals surface area contributed by atoms with Crippen molar-refractivity contribution in [3.05, 3.63) is 21.3 Å². The number of urea groups is 1. The lowest BCUT2D eigenvalue weighted by atomic mass is 10.3. The molecule has 1 aliphatic heterocycles. The minimum atomic E-state index is -0.172. The van der Waals surface area contributed by atoms with Gasteiger partial charge in [-0.1, -0.05) is 11.6 Å². The monoisotopic (exact) mass is 329 g/mol. The molecule has 3 amide bonds. The van der Waals surface area contributed by atoms with Crippen LogP contribution in [-0.2, 0) is 11.3 Å². The van der Waals surface area contributed by atoms with E-state index in [2.05, 4.69) is 5.32 Å². The Bertz CT molecular complexity index is 500. The van der Waals surface area contributed by atoms with E-state index in [9.17, 15) is 9.59 Å². The number of likely N-dealkylation sites (tertiary alicyclic amines) is 1. The second-order valence-electron chi connectivity index (χ2n) is 5.13. The van der Waals surface area contributed by atoms with Crippen molar-refractivity contribution < 1.29 is 9.59 Å². The Balaban J connectivity index is 1.67. The van der Waals surface area contributed by atoms with Crippen LogP contribution in [0.4, 0.5) is 4.79 Å². The molecule has 5 nitrogen and oxygen atoms in total. The molecule has 0 atom stereocenters. The number of hydrogen-bond donors (Lipinski definition) is 1. The second-order valence-corrected chi connectivity index (χ2v) is 6.93. The van der Waals surface area contributed by atoms with Gasteiger partial charge in [0.05, 0.1) is 10.9 Å². The van der Waals surface area contributed by atoms with Gasteiger partial charge in [0.2, 0.25) is 5.91 Å². The molecule has 0 aromatic carbocycles. The zero-order valence-corrected chi connectivity index (χ0v) is 13.7. The van der Waals surface area contributed by atoms with Gasteiger partial charge in [0.25, 0.3) is 0 Å². The van der Waals surface area contributed by atoms with E-state index in [1.54, 1.807) is 11.9 Å². The number of carbonyl (C=O) groups excluding carboxylic acids is 2. The van der Waals surface area contributed by atoms with Gasteiger partial charge in [-0.3, -0.25) is 4.79 Å². The van der Waals surface area contributed by atoms with E-state index >= 15 is 0 Å². The van der Waals surface area contributed by atoms with Gasteiger partial charge in [-0.15, -0.1) is 11.3 Å². The maximum absolute atomic E-state index is 11.9. The summed E-state index contributed by atoms with van der Waals surface area (Å²) in [7, 11) is 1.73. The van der Waals surface area contributed by atoms with E-state index in [1.165, 1.54) is 11.3 Å². The summed E-state index contributed by atoms with van der Waals surface area (Å²) in [5, 5.41) is 2.77. The molecular formula is C14H20ClN3O2S. The second kappa shape index (κ2) is 7.66. The van der Waals surface area contributed by atoms with Crippen molar-refractivity contribution in [1.29, 1.82) is 0 Å². The van der Waals surface area contributed by atoms with Gasteiger partial charge in [-0.2, -0.15) is 0 Å². The van der Waals surface area contributed by atoms with Gasteiger partial charge in [0.15, 0.2) is 0 Å². The van der Waals surface area contributed by atoms with Crippen LogP contribution in [0.1, 0.15) is 24.1 Å². The van der Waals surface area contributed by atoms with Gasteiger partial charge in [0, 0.05) is 38.0 Å². The zero-order chi connectivity index (χ0) is 15.2. The number of thiophene rings is 1. The third-order valence-corrected chi connectivity index (χ3v) is 4.66. The van der Waals surface area contributed by atoms with Crippen LogP contribution in [0.2, 0.25) is 4.34 Å². The third-order valence-electron chi connectivity index (χ3n) is 3.44. The summed E-state index contributed by atoms with van der Waals surface area (Å²) in [6.07, 6.45) is 2.54. The fourth-order valence-electron chi connectivity index (χ4n) is 2.28. The Hall–Kier alpha value is -1.27. The largest absolute Gasteiger partial charge is 0.343 e. The number of halogens is 1. The van der Waals surface area contributed by atoms with Crippen LogP contribution < -0.4 is 5.32 Å². The highest BCUT2D eigenvalue weighted by atomic mass is 35.5. The molecule has 0 aliphatic carbocycles. The Labute approximate surface area is 133 Å². The molecule has 0 radical (unpaired) electrons. The molecule has 2 rings (SSSR count). The first-order valence-electron chi connectivity index (χ1n) is 7.07. The van der Waals surface area contributed by atoms with Crippen molar-refractivity contribution in [2.75, 3.05) is 26.7 Å². The van der Waals surface area contributed by atoms with Crippen LogP contribution in [-0.4, -0.2) is 48.4 Å². The molecule has 0 bridgehead atoms. The number of hydrogen-bond acceptors (Lipinski definition) is 3. The standard InChI is InChI=1S/C14H20ClN3O2S/c1-17(10-11-4-5-12(15)21-11)14(20)16-7-6-13(19)18-8-2-3-9-18/h4-5H,2-3,6-10H2,1H3,(H,16,20). The summed E-state index contributed by atoms with van der Waals surface area (Å²) in [6, 6.07) is 3.56. The Kier molecular flexibility index (Phi) is 5.87. The van der Waals surface area contributed by atoms with Crippen molar-refractivity contribution >= 4 is 34.9 Å². The van der Waals surface area contributed by atoms with Gasteiger partial charge < -0.3 is 15.1 Å². The molecule has 1 N–H and O–H groups in total. The lowest BCUT2D eigenvalue weighted by Crippen LogP contribution is -2.39. The normalized spacial score (nSPS) is 14.3. The van der Waals surface area contributed by atoms with E-state index < -0.39 is 0 Å². The number of nitrogens with one attached hydrogen (secondary N) is 1. The van der Waals surface area contributed by atoms with Crippen LogP contribution in [0.5, 0.6) is 0 Å². The molecule has 1 saturated heterocycles. The van der Waals surface area contributed by atoms with Crippen molar-refractivity contribution in [3.8, 4) is 0 Å². The molecule has 1 fully saturated rings. The molecule has 116 valence electrons. The van der Waals surface area contributed by atoms with E-state index in [4.69, 9.17) is 11.6 Å². The number of carbonyl (C=O) groups is 2. The number of rotatable bonds is 5. The quantitative estimate of drug-likeness (QED) is 0.902. The average molecular weight is 330 g/mol. The first-order chi connectivity index (χ1) is 10.1. The topological polar surface area (TPSA) is 52.7 Å². The van der Waals surface area contributed by atoms with Gasteiger partial charge in [0.1, 0.15) is 0 Å². The van der Waals surface area contributed by atoms with Gasteiger partial charge >= 0.3 is 6.03 Å². The Morgan fingerprint density at radius 1 is 1.38 bits per heavy atom. The lowest BCUT2D eigenvalue weighted by molar-refractivity contribution is -0.129. The summed E-state index contributed by atoms with van der Waals surface area (Å²) in [5.74, 6) is 0.125. The third kappa shape index (κ3) is 4.89. The fourth-order valence-corrected chi connectivity index (χ4v) is 3.42. The predicted octanol–water partition coefficient (Wildman–Crippen LogP) is 2.56. The zero-order valence-electron chi connectivity index (χ0n) is 12.1. The van der Waals surface area contributed by atoms with Crippen LogP contribution in [0.25, 0.3) is 0 Å². The molecule has 1 aromatic heterocycles. The summed E-state index contributed by atoms with van der Waals surface area (Å²) in [5.41, 5.74) is 0. The fraction of sp³-hybridized carbons (Fsp3) is 0.571. The molecule has 0 spiro atoms. The molecule has 2 heterocycles. The van der Waals surface area contributed by atoms with E-state index in [-0.39, 0.29) is 11.9 Å². The maximum atomic E-state index is 11.9. The molecule has 7 heteroatoms. The molecule has 0 saturated carbocycles. The molecule has 21 heavy (non-hydrogen) atoms. The van der Waals surface area contributed by atoms with Crippen LogP contribution in [0.3, 0.4) is 0 Å². The first kappa shape index (κ1) is 16.1. The van der Waals surface area contributed by atoms with Gasteiger partial charge in [-0.05, 0) is 25.0 Å². The minimum Gasteiger partial charge on any atom is -0.343 e. The van der Waals surface area contributed by atoms with Crippen LogP contribution in [0, 0.1) is 0 Å². The number of amides is 3. The summed E-state index contributed by atoms with van der Waals surface area (Å²) in [4.78, 5) is 28.2. The first-order valence-corrected chi connectivity index (χ1v) is 8.26. The molecule has 0 unspecified atom stereocenters. The number of nitrogens with zero attached hydrogens (tertiary/aromatic N) is 2. The van der Waals surface area contributed by atoms with Crippen LogP contribution >= 0.6 is 22.9 Å². The minimum absolute atomic E-state index is 0.125. The van der Waals surface area contributed by atoms with E-state index in [0.717, 1.165) is 35.1 Å². The van der Waals surface area contributed by atoms with Crippen molar-refractivity contribution in [2.45, 2.75) is 25.8 Å². The lowest BCUT2D eigenvalue weighted by Gasteiger charge is -2.18. The Morgan fingerprint density at radius 2 is 2.10 bits per heavy atom. The molecule has 1 aliphatic rings. The van der Waals surface area contributed by atoms with Crippen molar-refractivity contribution in [1.82, 2.24) is 15.1 Å². The molecular weight excluding hydrogens is 310 g/mol. The SMILES string of the molecule is CN(Cc1ccc(Cl)s1)C(=O)NCCC(=O)N1CCCC1. The Morgan fingerprint density at radius 3 is 2.71 bits per heavy atom. The highest BCUT2D eigenvalue weighted by molar-refractivity contribution is 7.16. The van der Waals surface area contributed by atoms with Crippen molar-refractivity contribution in [3.63, 3.8) is 0 Å². The molecule has 1 aromatic rings. The summed E-state index contributed by atoms with van der Waals surface area (Å²) < 4.78 is 0.718. The predicted molar refractivity (Wildman–Crippen MR) is 84.6 cm³/mol. The smallest absolute Gasteiger partial charge is 0.317 e. The van der Waals surface area contributed by atoms with Crippen LogP contribution in [0.15, 0.2) is 12.1 Å². The average Bonchev–Trinajstić information content (AvgIpc) is 3.10.